The van der Waals surface area contributed by atoms with Gasteiger partial charge in [0.05, 0.1) is 5.25 Å². The topological polar surface area (TPSA) is 82.0 Å². The fourth-order valence-corrected chi connectivity index (χ4v) is 3.07. The van der Waals surface area contributed by atoms with Gasteiger partial charge >= 0.3 is 0 Å². The highest BCUT2D eigenvalue weighted by Gasteiger charge is 2.16. The van der Waals surface area contributed by atoms with Crippen molar-refractivity contribution in [3.8, 4) is 11.4 Å². The van der Waals surface area contributed by atoms with E-state index in [1.165, 1.54) is 0 Å². The molecule has 0 fully saturated rings. The van der Waals surface area contributed by atoms with Crippen molar-refractivity contribution in [2.75, 3.05) is 0 Å². The molecule has 5 nitrogen and oxygen atoms in total. The summed E-state index contributed by atoms with van der Waals surface area (Å²) in [5.74, 6) is 1.49. The van der Waals surface area contributed by atoms with E-state index in [9.17, 15) is 4.79 Å². The first-order valence-electron chi connectivity index (χ1n) is 7.53. The molecule has 0 spiro atoms. The zero-order valence-electron chi connectivity index (χ0n) is 13.2. The summed E-state index contributed by atoms with van der Waals surface area (Å²) in [7, 11) is 0. The second kappa shape index (κ2) is 7.31. The first kappa shape index (κ1) is 16.3. The summed E-state index contributed by atoms with van der Waals surface area (Å²) >= 11 is 1.66. The largest absolute Gasteiger partial charge is 0.366 e. The molecule has 0 bridgehead atoms. The van der Waals surface area contributed by atoms with Gasteiger partial charge in [-0.1, -0.05) is 47.6 Å². The first-order valence-corrected chi connectivity index (χ1v) is 8.58. The van der Waals surface area contributed by atoms with Crippen LogP contribution in [0, 0.1) is 0 Å². The van der Waals surface area contributed by atoms with Crippen LogP contribution >= 0.6 is 11.8 Å². The Balaban J connectivity index is 1.65. The Morgan fingerprint density at radius 3 is 2.75 bits per heavy atom. The predicted octanol–water partition coefficient (Wildman–Crippen LogP) is 3.83. The zero-order chi connectivity index (χ0) is 16.9. The number of nitrogens with zero attached hydrogens (tertiary/aromatic N) is 2. The lowest BCUT2D eigenvalue weighted by atomic mass is 10.1. The minimum Gasteiger partial charge on any atom is -0.366 e. The Hall–Kier alpha value is -2.60. The number of primary amides is 1. The van der Waals surface area contributed by atoms with Crippen molar-refractivity contribution in [1.29, 1.82) is 0 Å². The van der Waals surface area contributed by atoms with E-state index in [1.54, 1.807) is 17.8 Å². The molecule has 2 N–H and O–H groups in total. The maximum atomic E-state index is 11.2. The first-order chi connectivity index (χ1) is 11.6. The molecule has 1 heterocycles. The van der Waals surface area contributed by atoms with E-state index >= 15 is 0 Å². The molecular weight excluding hydrogens is 322 g/mol. The fraction of sp³-hybridized carbons (Fsp3) is 0.167. The van der Waals surface area contributed by atoms with Crippen LogP contribution in [0.15, 0.2) is 59.1 Å². The maximum absolute atomic E-state index is 11.2. The van der Waals surface area contributed by atoms with Crippen LogP contribution in [0.2, 0.25) is 0 Å². The van der Waals surface area contributed by atoms with Gasteiger partial charge in [-0.05, 0) is 24.6 Å². The molecule has 0 radical (unpaired) electrons. The summed E-state index contributed by atoms with van der Waals surface area (Å²) in [4.78, 5) is 15.7. The minimum atomic E-state index is -0.417. The average molecular weight is 339 g/mol. The normalized spacial score (nSPS) is 12.0. The molecule has 24 heavy (non-hydrogen) atoms. The monoisotopic (exact) mass is 339 g/mol. The fourth-order valence-electron chi connectivity index (χ4n) is 2.21. The van der Waals surface area contributed by atoms with Gasteiger partial charge in [0.1, 0.15) is 0 Å². The van der Waals surface area contributed by atoms with Crippen molar-refractivity contribution >= 4 is 17.7 Å². The van der Waals surface area contributed by atoms with Crippen LogP contribution in [0.5, 0.6) is 0 Å². The Morgan fingerprint density at radius 1 is 1.21 bits per heavy atom. The highest BCUT2D eigenvalue weighted by Crippen LogP contribution is 2.31. The summed E-state index contributed by atoms with van der Waals surface area (Å²) < 4.78 is 5.38. The number of amides is 1. The van der Waals surface area contributed by atoms with E-state index in [-0.39, 0.29) is 5.25 Å². The Morgan fingerprint density at radius 2 is 2.00 bits per heavy atom. The van der Waals surface area contributed by atoms with Gasteiger partial charge in [-0.3, -0.25) is 4.79 Å². The van der Waals surface area contributed by atoms with Crippen molar-refractivity contribution in [2.45, 2.75) is 17.9 Å². The minimum absolute atomic E-state index is 0.0483. The molecule has 1 amide bonds. The summed E-state index contributed by atoms with van der Waals surface area (Å²) in [5.41, 5.74) is 7.79. The van der Waals surface area contributed by atoms with Crippen molar-refractivity contribution in [1.82, 2.24) is 10.1 Å². The molecule has 1 atom stereocenters. The quantitative estimate of drug-likeness (QED) is 0.738. The van der Waals surface area contributed by atoms with Crippen LogP contribution in [-0.4, -0.2) is 16.0 Å². The SMILES string of the molecule is C[C@@H](SCc1cccc(C(N)=O)c1)c1nc(-c2ccccc2)no1. The summed E-state index contributed by atoms with van der Waals surface area (Å²) in [6, 6.07) is 17.0. The smallest absolute Gasteiger partial charge is 0.248 e. The van der Waals surface area contributed by atoms with E-state index in [1.807, 2.05) is 55.5 Å². The van der Waals surface area contributed by atoms with Crippen molar-refractivity contribution in [3.05, 3.63) is 71.6 Å². The Bertz CT molecular complexity index is 833. The molecular formula is C18H17N3O2S. The molecule has 0 aliphatic heterocycles. The van der Waals surface area contributed by atoms with Gasteiger partial charge in [0.2, 0.25) is 17.6 Å². The average Bonchev–Trinajstić information content (AvgIpc) is 3.11. The molecule has 122 valence electrons. The van der Waals surface area contributed by atoms with Gasteiger partial charge in [0, 0.05) is 16.9 Å². The van der Waals surface area contributed by atoms with Crippen LogP contribution in [0.3, 0.4) is 0 Å². The van der Waals surface area contributed by atoms with E-state index in [0.717, 1.165) is 16.9 Å². The third-order valence-corrected chi connectivity index (χ3v) is 4.73. The zero-order valence-corrected chi connectivity index (χ0v) is 14.0. The van der Waals surface area contributed by atoms with Crippen molar-refractivity contribution < 1.29 is 9.32 Å². The highest BCUT2D eigenvalue weighted by atomic mass is 32.2. The van der Waals surface area contributed by atoms with E-state index < -0.39 is 5.91 Å². The molecule has 6 heteroatoms. The second-order valence-electron chi connectivity index (χ2n) is 5.34. The van der Waals surface area contributed by atoms with E-state index in [2.05, 4.69) is 10.1 Å². The molecule has 0 aliphatic rings. The van der Waals surface area contributed by atoms with Crippen LogP contribution in [0.1, 0.15) is 34.0 Å². The van der Waals surface area contributed by atoms with Crippen molar-refractivity contribution in [3.63, 3.8) is 0 Å². The summed E-state index contributed by atoms with van der Waals surface area (Å²) in [6.07, 6.45) is 0. The van der Waals surface area contributed by atoms with E-state index in [0.29, 0.717) is 17.3 Å². The lowest BCUT2D eigenvalue weighted by Crippen LogP contribution is -2.10. The number of carbonyl (C=O) groups excluding carboxylic acids is 1. The lowest BCUT2D eigenvalue weighted by Gasteiger charge is -2.07. The Kier molecular flexibility index (Phi) is 4.96. The predicted molar refractivity (Wildman–Crippen MR) is 94.4 cm³/mol. The van der Waals surface area contributed by atoms with Gasteiger partial charge in [-0.2, -0.15) is 4.98 Å². The van der Waals surface area contributed by atoms with Gasteiger partial charge in [0.25, 0.3) is 0 Å². The van der Waals surface area contributed by atoms with Crippen molar-refractivity contribution in [2.24, 2.45) is 5.73 Å². The van der Waals surface area contributed by atoms with Gasteiger partial charge < -0.3 is 10.3 Å². The van der Waals surface area contributed by atoms with E-state index in [4.69, 9.17) is 10.3 Å². The number of carbonyl (C=O) groups is 1. The van der Waals surface area contributed by atoms with Crippen LogP contribution in [0.4, 0.5) is 0 Å². The number of hydrogen-bond donors (Lipinski definition) is 1. The third-order valence-electron chi connectivity index (χ3n) is 3.53. The lowest BCUT2D eigenvalue weighted by molar-refractivity contribution is 0.1000. The summed E-state index contributed by atoms with van der Waals surface area (Å²) in [5, 5.41) is 4.09. The molecule has 0 aliphatic carbocycles. The Labute approximate surface area is 144 Å². The van der Waals surface area contributed by atoms with Crippen LogP contribution < -0.4 is 5.73 Å². The molecule has 3 aromatic rings. The standard InChI is InChI=1S/C18H17N3O2S/c1-12(24-11-13-6-5-9-15(10-13)16(19)22)18-20-17(21-23-18)14-7-3-2-4-8-14/h2-10,12H,11H2,1H3,(H2,19,22)/t12-/m1/s1. The van der Waals surface area contributed by atoms with Gasteiger partial charge in [-0.25, -0.2) is 0 Å². The number of benzene rings is 2. The van der Waals surface area contributed by atoms with Gasteiger partial charge in [0.15, 0.2) is 0 Å². The number of thioether (sulfide) groups is 1. The molecule has 0 saturated heterocycles. The highest BCUT2D eigenvalue weighted by molar-refractivity contribution is 7.98. The molecule has 3 rings (SSSR count). The molecule has 0 unspecified atom stereocenters. The van der Waals surface area contributed by atoms with Gasteiger partial charge in [-0.15, -0.1) is 11.8 Å². The number of rotatable bonds is 6. The number of hydrogen-bond acceptors (Lipinski definition) is 5. The molecule has 2 aromatic carbocycles. The maximum Gasteiger partial charge on any atom is 0.248 e. The second-order valence-corrected chi connectivity index (χ2v) is 6.67. The van der Waals surface area contributed by atoms with Crippen LogP contribution in [-0.2, 0) is 5.75 Å². The molecule has 1 aromatic heterocycles. The van der Waals surface area contributed by atoms with Crippen LogP contribution in [0.25, 0.3) is 11.4 Å². The number of nitrogens with two attached hydrogens (primary N) is 1. The molecule has 0 saturated carbocycles. The number of aromatic nitrogens is 2. The summed E-state index contributed by atoms with van der Waals surface area (Å²) in [6.45, 7) is 2.02. The third kappa shape index (κ3) is 3.83.